The van der Waals surface area contributed by atoms with Crippen molar-refractivity contribution in [3.05, 3.63) is 89.5 Å². The van der Waals surface area contributed by atoms with Crippen molar-refractivity contribution in [2.75, 3.05) is 23.8 Å². The van der Waals surface area contributed by atoms with E-state index in [2.05, 4.69) is 10.6 Å². The summed E-state index contributed by atoms with van der Waals surface area (Å²) in [6.07, 6.45) is 0.770. The number of anilines is 2. The number of para-hydroxylation sites is 1. The zero-order chi connectivity index (χ0) is 32.8. The zero-order valence-electron chi connectivity index (χ0n) is 27.1. The molecule has 6 rings (SSSR count). The largest absolute Gasteiger partial charge is 0.494 e. The second-order valence-corrected chi connectivity index (χ2v) is 13.2. The number of hydrogen-bond acceptors (Lipinski definition) is 6. The number of likely N-dealkylation sites (tertiary alicyclic amines) is 1. The van der Waals surface area contributed by atoms with Gasteiger partial charge in [-0.05, 0) is 87.4 Å². The number of nitrogens with zero attached hydrogens (tertiary/aromatic N) is 1. The summed E-state index contributed by atoms with van der Waals surface area (Å²) in [6.45, 7) is 9.83. The smallest absolute Gasteiger partial charge is 0.250 e. The molecule has 242 valence electrons. The summed E-state index contributed by atoms with van der Waals surface area (Å²) in [4.78, 5) is 45.0. The molecule has 0 aliphatic carbocycles. The molecule has 2 bridgehead atoms. The number of carbonyl (C=O) groups excluding carboxylic acids is 3. The predicted octanol–water partition coefficient (Wildman–Crippen LogP) is 4.89. The third-order valence-electron chi connectivity index (χ3n) is 10.4. The maximum Gasteiger partial charge on any atom is 0.250 e. The number of amides is 3. The Hall–Kier alpha value is -4.21. The Kier molecular flexibility index (Phi) is 8.42. The van der Waals surface area contributed by atoms with Gasteiger partial charge in [0.2, 0.25) is 17.7 Å². The minimum Gasteiger partial charge on any atom is -0.494 e. The summed E-state index contributed by atoms with van der Waals surface area (Å²) in [6, 6.07) is 20.7. The minimum absolute atomic E-state index is 0.121. The van der Waals surface area contributed by atoms with Crippen LogP contribution in [-0.4, -0.2) is 64.2 Å². The molecule has 3 aromatic rings. The lowest BCUT2D eigenvalue weighted by atomic mass is 9.62. The Bertz CT molecular complexity index is 1610. The lowest BCUT2D eigenvalue weighted by molar-refractivity contribution is -0.147. The Morgan fingerprint density at radius 2 is 1.67 bits per heavy atom. The van der Waals surface area contributed by atoms with Gasteiger partial charge in [-0.15, -0.1) is 0 Å². The third kappa shape index (κ3) is 5.15. The maximum absolute atomic E-state index is 14.8. The average Bonchev–Trinajstić information content (AvgIpc) is 3.55. The average molecular weight is 626 g/mol. The molecule has 0 aromatic heterocycles. The Morgan fingerprint density at radius 3 is 2.30 bits per heavy atom. The number of nitrogens with one attached hydrogen (secondary N) is 2. The van der Waals surface area contributed by atoms with Crippen LogP contribution >= 0.6 is 0 Å². The summed E-state index contributed by atoms with van der Waals surface area (Å²) < 4.78 is 12.4. The van der Waals surface area contributed by atoms with E-state index >= 15 is 0 Å². The minimum atomic E-state index is -1.25. The molecule has 7 atom stereocenters. The van der Waals surface area contributed by atoms with Gasteiger partial charge in [-0.3, -0.25) is 14.4 Å². The molecule has 9 nitrogen and oxygen atoms in total. The number of aliphatic hydroxyl groups excluding tert-OH is 1. The summed E-state index contributed by atoms with van der Waals surface area (Å²) in [7, 11) is 0. The highest BCUT2D eigenvalue weighted by Gasteiger charge is 2.80. The van der Waals surface area contributed by atoms with Gasteiger partial charge in [-0.25, -0.2) is 0 Å². The van der Waals surface area contributed by atoms with Crippen molar-refractivity contribution < 1.29 is 29.0 Å². The van der Waals surface area contributed by atoms with Crippen molar-refractivity contribution >= 4 is 29.1 Å². The molecular formula is C37H43N3O6. The summed E-state index contributed by atoms with van der Waals surface area (Å²) in [5, 5.41) is 16.9. The first kappa shape index (κ1) is 31.8. The van der Waals surface area contributed by atoms with Crippen LogP contribution in [-0.2, 0) is 25.5 Å². The fourth-order valence-corrected chi connectivity index (χ4v) is 8.13. The molecule has 3 aromatic carbocycles. The van der Waals surface area contributed by atoms with Crippen LogP contribution < -0.4 is 15.4 Å². The SMILES string of the molecule is CCOc1ccc(NC(=O)[C@H]2[C@H]3C(=O)N([C@@H](CO)Cc4ccccc4)C(C(=O)Nc4c(C)cccc4C)C34CC(C)[C@]2(C)O4)cc1. The van der Waals surface area contributed by atoms with Gasteiger partial charge in [0.15, 0.2) is 0 Å². The van der Waals surface area contributed by atoms with E-state index in [1.54, 1.807) is 24.3 Å². The maximum atomic E-state index is 14.8. The van der Waals surface area contributed by atoms with Gasteiger partial charge in [0, 0.05) is 11.4 Å². The van der Waals surface area contributed by atoms with Crippen molar-refractivity contribution in [2.45, 2.75) is 70.7 Å². The molecule has 3 unspecified atom stereocenters. The van der Waals surface area contributed by atoms with Gasteiger partial charge >= 0.3 is 0 Å². The van der Waals surface area contributed by atoms with Crippen LogP contribution in [0.15, 0.2) is 72.8 Å². The molecule has 3 aliphatic heterocycles. The third-order valence-corrected chi connectivity index (χ3v) is 10.4. The summed E-state index contributed by atoms with van der Waals surface area (Å²) in [5.74, 6) is -2.26. The predicted molar refractivity (Wildman–Crippen MR) is 175 cm³/mol. The number of ether oxygens (including phenoxy) is 2. The Morgan fingerprint density at radius 1 is 1.00 bits per heavy atom. The highest BCUT2D eigenvalue weighted by molar-refractivity contribution is 6.06. The standard InChI is InChI=1S/C37H43N3O6/c1-6-45-28-17-15-26(16-18-28)38-33(42)29-30-35(44)40(27(21-41)19-25-13-8-7-9-14-25)32(37(30)20-24(4)36(29,5)46-37)34(43)39-31-22(2)11-10-12-23(31)3/h7-18,24,27,29-30,32,41H,6,19-21H2,1-5H3,(H,38,42)(H,39,43)/t24?,27-,29-,30+,32?,36+,37?/m1/s1. The van der Waals surface area contributed by atoms with Crippen molar-refractivity contribution in [1.29, 1.82) is 0 Å². The topological polar surface area (TPSA) is 117 Å². The molecular weight excluding hydrogens is 582 g/mol. The van der Waals surface area contributed by atoms with Gasteiger partial charge in [0.25, 0.3) is 0 Å². The van der Waals surface area contributed by atoms with Crippen LogP contribution in [0.25, 0.3) is 0 Å². The number of benzene rings is 3. The lowest BCUT2D eigenvalue weighted by Gasteiger charge is -2.37. The first-order valence-corrected chi connectivity index (χ1v) is 16.1. The monoisotopic (exact) mass is 625 g/mol. The normalized spacial score (nSPS) is 28.6. The quantitative estimate of drug-likeness (QED) is 0.295. The molecule has 1 spiro atoms. The van der Waals surface area contributed by atoms with Gasteiger partial charge in [-0.1, -0.05) is 55.5 Å². The van der Waals surface area contributed by atoms with Crippen molar-refractivity contribution in [3.8, 4) is 5.75 Å². The summed E-state index contributed by atoms with van der Waals surface area (Å²) >= 11 is 0. The highest BCUT2D eigenvalue weighted by Crippen LogP contribution is 2.65. The second-order valence-electron chi connectivity index (χ2n) is 13.2. The van der Waals surface area contributed by atoms with Gasteiger partial charge < -0.3 is 30.1 Å². The lowest BCUT2D eigenvalue weighted by Crippen LogP contribution is -2.57. The number of aliphatic hydroxyl groups is 1. The molecule has 9 heteroatoms. The Balaban J connectivity index is 1.40. The second kappa shape index (κ2) is 12.2. The van der Waals surface area contributed by atoms with Gasteiger partial charge in [0.05, 0.1) is 36.7 Å². The molecule has 0 radical (unpaired) electrons. The first-order valence-electron chi connectivity index (χ1n) is 16.1. The van der Waals surface area contributed by atoms with E-state index in [-0.39, 0.29) is 30.2 Å². The van der Waals surface area contributed by atoms with E-state index in [9.17, 15) is 19.5 Å². The molecule has 0 saturated carbocycles. The fourth-order valence-electron chi connectivity index (χ4n) is 8.13. The van der Waals surface area contributed by atoms with E-state index in [1.807, 2.05) is 83.1 Å². The van der Waals surface area contributed by atoms with E-state index in [4.69, 9.17) is 9.47 Å². The number of aryl methyl sites for hydroxylation is 2. The van der Waals surface area contributed by atoms with Crippen LogP contribution in [0.2, 0.25) is 0 Å². The van der Waals surface area contributed by atoms with Crippen LogP contribution in [0.1, 0.15) is 43.9 Å². The first-order chi connectivity index (χ1) is 22.0. The number of hydrogen-bond donors (Lipinski definition) is 3. The molecule has 46 heavy (non-hydrogen) atoms. The zero-order valence-corrected chi connectivity index (χ0v) is 27.1. The number of rotatable bonds is 10. The van der Waals surface area contributed by atoms with Crippen molar-refractivity contribution in [2.24, 2.45) is 17.8 Å². The number of carbonyl (C=O) groups is 3. The summed E-state index contributed by atoms with van der Waals surface area (Å²) in [5.41, 5.74) is 1.74. The van der Waals surface area contributed by atoms with Crippen molar-refractivity contribution in [1.82, 2.24) is 4.90 Å². The molecule has 3 N–H and O–H groups in total. The molecule has 3 amide bonds. The van der Waals surface area contributed by atoms with Crippen LogP contribution in [0.4, 0.5) is 11.4 Å². The molecule has 3 saturated heterocycles. The van der Waals surface area contributed by atoms with Gasteiger partial charge in [0.1, 0.15) is 17.4 Å². The van der Waals surface area contributed by atoms with Crippen LogP contribution in [0.5, 0.6) is 5.75 Å². The van der Waals surface area contributed by atoms with Gasteiger partial charge in [-0.2, -0.15) is 0 Å². The molecule has 3 aliphatic rings. The molecule has 3 heterocycles. The molecule has 3 fully saturated rings. The highest BCUT2D eigenvalue weighted by atomic mass is 16.5. The van der Waals surface area contributed by atoms with E-state index in [1.165, 1.54) is 4.90 Å². The fraction of sp³-hybridized carbons (Fsp3) is 0.432. The van der Waals surface area contributed by atoms with E-state index in [0.717, 1.165) is 16.7 Å². The Labute approximate surface area is 270 Å². The van der Waals surface area contributed by atoms with E-state index < -0.39 is 35.1 Å². The van der Waals surface area contributed by atoms with Crippen molar-refractivity contribution in [3.63, 3.8) is 0 Å². The van der Waals surface area contributed by atoms with Crippen LogP contribution in [0, 0.1) is 31.6 Å². The number of fused-ring (bicyclic) bond motifs is 1. The van der Waals surface area contributed by atoms with E-state index in [0.29, 0.717) is 36.6 Å². The van der Waals surface area contributed by atoms with Crippen LogP contribution in [0.3, 0.4) is 0 Å².